The number of nitrogen functional groups attached to an aromatic ring is 1. The molecule has 0 saturated carbocycles. The maximum atomic E-state index is 13.7. The molecule has 8 nitrogen and oxygen atoms in total. The van der Waals surface area contributed by atoms with Gasteiger partial charge < -0.3 is 25.8 Å². The number of ketones is 1. The van der Waals surface area contributed by atoms with E-state index in [-0.39, 0.29) is 23.8 Å². The van der Waals surface area contributed by atoms with Crippen molar-refractivity contribution < 1.29 is 19.1 Å². The first-order valence-electron chi connectivity index (χ1n) is 12.5. The number of nitrogens with one attached hydrogen (secondary N) is 2. The molecule has 0 spiro atoms. The molecule has 2 saturated heterocycles. The molecular weight excluding hydrogens is 480 g/mol. The first-order valence-corrected chi connectivity index (χ1v) is 12.9. The van der Waals surface area contributed by atoms with Gasteiger partial charge in [-0.1, -0.05) is 11.6 Å². The summed E-state index contributed by atoms with van der Waals surface area (Å²) in [6, 6.07) is 10.3. The van der Waals surface area contributed by atoms with Crippen LogP contribution in [0.15, 0.2) is 36.4 Å². The molecule has 0 aliphatic carbocycles. The number of ether oxygens (including phenoxy) is 2. The molecule has 9 heteroatoms. The highest BCUT2D eigenvalue weighted by Gasteiger charge is 2.37. The first kappa shape index (κ1) is 26.3. The van der Waals surface area contributed by atoms with Crippen molar-refractivity contribution in [2.45, 2.75) is 37.8 Å². The minimum Gasteiger partial charge on any atom is -0.497 e. The summed E-state index contributed by atoms with van der Waals surface area (Å²) in [5.41, 5.74) is 7.29. The fraction of sp³-hybridized carbons (Fsp3) is 0.481. The van der Waals surface area contributed by atoms with Gasteiger partial charge in [-0.05, 0) is 75.0 Å². The van der Waals surface area contributed by atoms with E-state index in [1.165, 1.54) is 7.11 Å². The Bertz CT molecular complexity index is 1060. The first-order chi connectivity index (χ1) is 17.4. The van der Waals surface area contributed by atoms with E-state index in [4.69, 9.17) is 26.8 Å². The molecule has 1 atom stereocenters. The fourth-order valence-corrected chi connectivity index (χ4v) is 5.43. The summed E-state index contributed by atoms with van der Waals surface area (Å²) >= 11 is 6.14. The van der Waals surface area contributed by atoms with Crippen LogP contribution in [0.4, 0.5) is 5.69 Å². The van der Waals surface area contributed by atoms with Crippen LogP contribution in [0.2, 0.25) is 5.02 Å². The maximum absolute atomic E-state index is 13.7. The highest BCUT2D eigenvalue weighted by atomic mass is 35.5. The van der Waals surface area contributed by atoms with Crippen LogP contribution in [0.1, 0.15) is 46.4 Å². The molecule has 0 radical (unpaired) electrons. The number of carbonyl (C=O) groups excluding carboxylic acids is 2. The van der Waals surface area contributed by atoms with E-state index < -0.39 is 0 Å². The van der Waals surface area contributed by atoms with Gasteiger partial charge in [0, 0.05) is 30.8 Å². The van der Waals surface area contributed by atoms with Crippen LogP contribution in [-0.2, 0) is 0 Å². The van der Waals surface area contributed by atoms with Gasteiger partial charge in [-0.2, -0.15) is 0 Å². The fourth-order valence-electron chi connectivity index (χ4n) is 5.26. The number of nitrogens with zero attached hydrogens (tertiary/aromatic N) is 1. The molecule has 4 N–H and O–H groups in total. The molecule has 2 aliphatic heterocycles. The second-order valence-electron chi connectivity index (χ2n) is 9.48. The van der Waals surface area contributed by atoms with Crippen molar-refractivity contribution in [2.24, 2.45) is 5.92 Å². The molecule has 2 heterocycles. The number of hydrogen-bond donors (Lipinski definition) is 3. The van der Waals surface area contributed by atoms with Gasteiger partial charge in [0.2, 0.25) is 0 Å². The maximum Gasteiger partial charge on any atom is 0.255 e. The number of piperidine rings is 2. The lowest BCUT2D eigenvalue weighted by atomic mass is 9.83. The second-order valence-corrected chi connectivity index (χ2v) is 9.89. The number of anilines is 1. The number of hydrogen-bond acceptors (Lipinski definition) is 7. The third kappa shape index (κ3) is 5.94. The average Bonchev–Trinajstić information content (AvgIpc) is 2.91. The molecule has 0 aromatic heterocycles. The summed E-state index contributed by atoms with van der Waals surface area (Å²) in [6.07, 6.45) is 3.46. The number of halogens is 1. The molecule has 0 bridgehead atoms. The summed E-state index contributed by atoms with van der Waals surface area (Å²) in [5.74, 6) is 1.35. The summed E-state index contributed by atoms with van der Waals surface area (Å²) in [6.45, 7) is 3.33. The Labute approximate surface area is 217 Å². The van der Waals surface area contributed by atoms with E-state index in [0.717, 1.165) is 57.6 Å². The van der Waals surface area contributed by atoms with Gasteiger partial charge in [0.05, 0.1) is 36.5 Å². The van der Waals surface area contributed by atoms with Crippen molar-refractivity contribution in [2.75, 3.05) is 46.1 Å². The highest BCUT2D eigenvalue weighted by Crippen LogP contribution is 2.30. The largest absolute Gasteiger partial charge is 0.497 e. The standard InChI is InChI=1S/C27H35ClN4O4/c1-35-20-5-3-18(4-6-20)26(33)25(17-7-11-30-12-8-17)32-13-9-19(10-14-32)31-27(34)21-15-22(28)23(29)16-24(21)36-2/h3-6,15-17,19,25,30H,7-14,29H2,1-2H3,(H,31,34). The van der Waals surface area contributed by atoms with Crippen LogP contribution >= 0.6 is 11.6 Å². The molecular formula is C27H35ClN4O4. The van der Waals surface area contributed by atoms with E-state index in [0.29, 0.717) is 33.5 Å². The van der Waals surface area contributed by atoms with E-state index in [9.17, 15) is 9.59 Å². The number of methoxy groups -OCH3 is 2. The van der Waals surface area contributed by atoms with Crippen molar-refractivity contribution in [1.82, 2.24) is 15.5 Å². The van der Waals surface area contributed by atoms with Gasteiger partial charge >= 0.3 is 0 Å². The van der Waals surface area contributed by atoms with Crippen molar-refractivity contribution in [3.8, 4) is 11.5 Å². The molecule has 2 aromatic rings. The third-order valence-corrected chi connectivity index (χ3v) is 7.62. The quantitative estimate of drug-likeness (QED) is 0.366. The van der Waals surface area contributed by atoms with Gasteiger partial charge in [0.25, 0.3) is 5.91 Å². The summed E-state index contributed by atoms with van der Waals surface area (Å²) in [4.78, 5) is 29.0. The minimum atomic E-state index is -0.239. The van der Waals surface area contributed by atoms with Crippen LogP contribution < -0.4 is 25.8 Å². The van der Waals surface area contributed by atoms with Crippen LogP contribution in [-0.4, -0.2) is 69.1 Å². The van der Waals surface area contributed by atoms with Crippen molar-refractivity contribution in [3.05, 3.63) is 52.5 Å². The summed E-state index contributed by atoms with van der Waals surface area (Å²) < 4.78 is 10.6. The summed E-state index contributed by atoms with van der Waals surface area (Å²) in [7, 11) is 3.12. The highest BCUT2D eigenvalue weighted by molar-refractivity contribution is 6.33. The lowest BCUT2D eigenvalue weighted by Crippen LogP contribution is -2.54. The van der Waals surface area contributed by atoms with Crippen LogP contribution in [0.3, 0.4) is 0 Å². The predicted octanol–water partition coefficient (Wildman–Crippen LogP) is 3.38. The SMILES string of the molecule is COc1ccc(C(=O)C(C2CCNCC2)N2CCC(NC(=O)c3cc(Cl)c(N)cc3OC)CC2)cc1. The van der Waals surface area contributed by atoms with E-state index >= 15 is 0 Å². The number of amides is 1. The Morgan fingerprint density at radius 3 is 2.33 bits per heavy atom. The Kier molecular flexibility index (Phi) is 8.72. The molecule has 1 unspecified atom stereocenters. The molecule has 2 aliphatic rings. The van der Waals surface area contributed by atoms with E-state index in [2.05, 4.69) is 15.5 Å². The van der Waals surface area contributed by atoms with Gasteiger partial charge in [0.15, 0.2) is 5.78 Å². The second kappa shape index (κ2) is 12.0. The number of likely N-dealkylation sites (tertiary alicyclic amines) is 1. The number of nitrogens with two attached hydrogens (primary N) is 1. The lowest BCUT2D eigenvalue weighted by Gasteiger charge is -2.41. The zero-order valence-electron chi connectivity index (χ0n) is 20.9. The minimum absolute atomic E-state index is 0.000421. The topological polar surface area (TPSA) is 106 Å². The van der Waals surface area contributed by atoms with E-state index in [1.807, 2.05) is 24.3 Å². The zero-order valence-corrected chi connectivity index (χ0v) is 21.6. The van der Waals surface area contributed by atoms with Crippen molar-refractivity contribution >= 4 is 29.0 Å². The van der Waals surface area contributed by atoms with Gasteiger partial charge in [-0.15, -0.1) is 0 Å². The molecule has 36 heavy (non-hydrogen) atoms. The number of benzene rings is 2. The summed E-state index contributed by atoms with van der Waals surface area (Å²) in [5, 5.41) is 6.84. The molecule has 194 valence electrons. The Morgan fingerprint density at radius 1 is 1.06 bits per heavy atom. The van der Waals surface area contributed by atoms with Gasteiger partial charge in [-0.25, -0.2) is 0 Å². The third-order valence-electron chi connectivity index (χ3n) is 7.30. The van der Waals surface area contributed by atoms with Crippen LogP contribution in [0.5, 0.6) is 11.5 Å². The van der Waals surface area contributed by atoms with Crippen molar-refractivity contribution in [1.29, 1.82) is 0 Å². The van der Waals surface area contributed by atoms with E-state index in [1.54, 1.807) is 19.2 Å². The zero-order chi connectivity index (χ0) is 25.7. The van der Waals surface area contributed by atoms with Gasteiger partial charge in [-0.3, -0.25) is 14.5 Å². The Hall–Kier alpha value is -2.81. The number of rotatable bonds is 8. The van der Waals surface area contributed by atoms with Gasteiger partial charge in [0.1, 0.15) is 11.5 Å². The monoisotopic (exact) mass is 514 g/mol. The smallest absolute Gasteiger partial charge is 0.255 e. The Balaban J connectivity index is 1.44. The van der Waals surface area contributed by atoms with Crippen molar-refractivity contribution in [3.63, 3.8) is 0 Å². The molecule has 1 amide bonds. The van der Waals surface area contributed by atoms with Crippen LogP contribution in [0, 0.1) is 5.92 Å². The molecule has 2 fully saturated rings. The molecule has 4 rings (SSSR count). The number of carbonyl (C=O) groups is 2. The predicted molar refractivity (Wildman–Crippen MR) is 141 cm³/mol. The molecule has 2 aromatic carbocycles. The number of Topliss-reactive ketones (excluding diaryl/α,β-unsaturated/α-hetero) is 1. The normalized spacial score (nSPS) is 18.4. The van der Waals surface area contributed by atoms with Crippen LogP contribution in [0.25, 0.3) is 0 Å². The average molecular weight is 515 g/mol. The Morgan fingerprint density at radius 2 is 1.72 bits per heavy atom. The lowest BCUT2D eigenvalue weighted by molar-refractivity contribution is 0.0575.